The summed E-state index contributed by atoms with van der Waals surface area (Å²) in [5.74, 6) is -0.0257. The van der Waals surface area contributed by atoms with Crippen LogP contribution in [-0.2, 0) is 9.53 Å². The van der Waals surface area contributed by atoms with Gasteiger partial charge in [0.05, 0.1) is 6.04 Å². The predicted octanol–water partition coefficient (Wildman–Crippen LogP) is 1.55. The average Bonchev–Trinajstić information content (AvgIpc) is 2.73. The Labute approximate surface area is 167 Å². The van der Waals surface area contributed by atoms with E-state index < -0.39 is 6.04 Å². The molecule has 0 saturated carbocycles. The van der Waals surface area contributed by atoms with Crippen LogP contribution in [0, 0.1) is 5.92 Å². The molecule has 1 aromatic carbocycles. The molecule has 28 heavy (non-hydrogen) atoms. The maximum Gasteiger partial charge on any atom is 0.253 e. The summed E-state index contributed by atoms with van der Waals surface area (Å²) >= 11 is 0. The molecule has 3 N–H and O–H groups in total. The minimum atomic E-state index is -0.542. The standard InChI is InChI=1S/C21H32N4O3/c1-24-11-3-4-18(14-24)25(2)21(27)16-5-7-17(8-6-16)23-20(26)19(22)15-9-12-28-13-10-15/h5-8,15,18-19H,3-4,9-14,22H2,1-2H3,(H,23,26). The van der Waals surface area contributed by atoms with Crippen molar-refractivity contribution in [2.45, 2.75) is 37.8 Å². The fraction of sp³-hybridized carbons (Fsp3) is 0.619. The summed E-state index contributed by atoms with van der Waals surface area (Å²) in [5.41, 5.74) is 7.40. The molecule has 7 heteroatoms. The van der Waals surface area contributed by atoms with Crippen molar-refractivity contribution in [3.8, 4) is 0 Å². The number of amides is 2. The molecule has 0 aromatic heterocycles. The predicted molar refractivity (Wildman–Crippen MR) is 109 cm³/mol. The van der Waals surface area contributed by atoms with E-state index in [9.17, 15) is 9.59 Å². The molecular weight excluding hydrogens is 356 g/mol. The molecule has 2 heterocycles. The Morgan fingerprint density at radius 3 is 2.54 bits per heavy atom. The van der Waals surface area contributed by atoms with E-state index in [2.05, 4.69) is 17.3 Å². The number of hydrogen-bond acceptors (Lipinski definition) is 5. The first-order valence-corrected chi connectivity index (χ1v) is 10.2. The lowest BCUT2D eigenvalue weighted by Crippen LogP contribution is -2.47. The van der Waals surface area contributed by atoms with Crippen molar-refractivity contribution in [1.29, 1.82) is 0 Å². The maximum atomic E-state index is 12.8. The maximum absolute atomic E-state index is 12.8. The number of carbonyl (C=O) groups excluding carboxylic acids is 2. The van der Waals surface area contributed by atoms with Gasteiger partial charge < -0.3 is 25.6 Å². The van der Waals surface area contributed by atoms with Crippen LogP contribution in [-0.4, -0.2) is 74.1 Å². The molecule has 154 valence electrons. The second-order valence-electron chi connectivity index (χ2n) is 8.02. The van der Waals surface area contributed by atoms with Crippen LogP contribution in [0.5, 0.6) is 0 Å². The van der Waals surface area contributed by atoms with Crippen molar-refractivity contribution in [3.63, 3.8) is 0 Å². The monoisotopic (exact) mass is 388 g/mol. The highest BCUT2D eigenvalue weighted by Gasteiger charge is 2.27. The molecule has 0 radical (unpaired) electrons. The number of benzene rings is 1. The Hall–Kier alpha value is -1.96. The molecule has 2 amide bonds. The number of carbonyl (C=O) groups is 2. The molecule has 0 aliphatic carbocycles. The van der Waals surface area contributed by atoms with E-state index in [1.54, 1.807) is 24.3 Å². The minimum Gasteiger partial charge on any atom is -0.381 e. The van der Waals surface area contributed by atoms with Crippen molar-refractivity contribution >= 4 is 17.5 Å². The van der Waals surface area contributed by atoms with Crippen LogP contribution in [0.25, 0.3) is 0 Å². The Morgan fingerprint density at radius 2 is 1.89 bits per heavy atom. The molecule has 2 unspecified atom stereocenters. The van der Waals surface area contributed by atoms with Crippen LogP contribution in [0.15, 0.2) is 24.3 Å². The van der Waals surface area contributed by atoms with Gasteiger partial charge in [-0.25, -0.2) is 0 Å². The van der Waals surface area contributed by atoms with Crippen molar-refractivity contribution < 1.29 is 14.3 Å². The molecule has 2 atom stereocenters. The van der Waals surface area contributed by atoms with Gasteiger partial charge in [0.2, 0.25) is 5.91 Å². The summed E-state index contributed by atoms with van der Waals surface area (Å²) in [6, 6.07) is 6.76. The number of likely N-dealkylation sites (N-methyl/N-ethyl adjacent to an activating group) is 2. The van der Waals surface area contributed by atoms with Crippen LogP contribution in [0.2, 0.25) is 0 Å². The highest BCUT2D eigenvalue weighted by atomic mass is 16.5. The van der Waals surface area contributed by atoms with Gasteiger partial charge in [0.1, 0.15) is 0 Å². The van der Waals surface area contributed by atoms with E-state index in [1.165, 1.54) is 0 Å². The number of nitrogens with zero attached hydrogens (tertiary/aromatic N) is 2. The van der Waals surface area contributed by atoms with E-state index in [-0.39, 0.29) is 23.8 Å². The molecular formula is C21H32N4O3. The van der Waals surface area contributed by atoms with Crippen LogP contribution in [0.3, 0.4) is 0 Å². The largest absolute Gasteiger partial charge is 0.381 e. The summed E-state index contributed by atoms with van der Waals surface area (Å²) < 4.78 is 5.33. The number of piperidine rings is 1. The lowest BCUT2D eigenvalue weighted by molar-refractivity contribution is -0.119. The highest BCUT2D eigenvalue weighted by Crippen LogP contribution is 2.20. The summed E-state index contributed by atoms with van der Waals surface area (Å²) in [4.78, 5) is 29.3. The van der Waals surface area contributed by atoms with Crippen molar-refractivity contribution in [3.05, 3.63) is 29.8 Å². The molecule has 2 saturated heterocycles. The van der Waals surface area contributed by atoms with E-state index in [1.807, 2.05) is 11.9 Å². The second kappa shape index (κ2) is 9.49. The molecule has 3 rings (SSSR count). The van der Waals surface area contributed by atoms with Crippen LogP contribution < -0.4 is 11.1 Å². The van der Waals surface area contributed by atoms with E-state index in [0.29, 0.717) is 24.5 Å². The summed E-state index contributed by atoms with van der Waals surface area (Å²) in [7, 11) is 3.96. The summed E-state index contributed by atoms with van der Waals surface area (Å²) in [6.45, 7) is 3.31. The Kier molecular flexibility index (Phi) is 7.04. The third kappa shape index (κ3) is 5.10. The first-order valence-electron chi connectivity index (χ1n) is 10.2. The van der Waals surface area contributed by atoms with Crippen molar-refractivity contribution in [2.24, 2.45) is 11.7 Å². The lowest BCUT2D eigenvalue weighted by Gasteiger charge is -2.35. The molecule has 2 aliphatic heterocycles. The average molecular weight is 389 g/mol. The molecule has 7 nitrogen and oxygen atoms in total. The first kappa shape index (κ1) is 20.8. The van der Waals surface area contributed by atoms with Crippen molar-refractivity contribution in [2.75, 3.05) is 45.7 Å². The number of anilines is 1. The van der Waals surface area contributed by atoms with Gasteiger partial charge in [-0.2, -0.15) is 0 Å². The van der Waals surface area contributed by atoms with Crippen LogP contribution in [0.4, 0.5) is 5.69 Å². The zero-order valence-corrected chi connectivity index (χ0v) is 16.9. The number of ether oxygens (including phenoxy) is 1. The number of nitrogens with one attached hydrogen (secondary N) is 1. The van der Waals surface area contributed by atoms with Gasteiger partial charge in [0, 0.05) is 44.1 Å². The quantitative estimate of drug-likeness (QED) is 0.799. The number of rotatable bonds is 5. The van der Waals surface area contributed by atoms with Gasteiger partial charge in [0.25, 0.3) is 5.91 Å². The second-order valence-corrected chi connectivity index (χ2v) is 8.02. The molecule has 2 aliphatic rings. The summed E-state index contributed by atoms with van der Waals surface area (Å²) in [6.07, 6.45) is 3.76. The summed E-state index contributed by atoms with van der Waals surface area (Å²) in [5, 5.41) is 2.87. The fourth-order valence-corrected chi connectivity index (χ4v) is 4.04. The normalized spacial score (nSPS) is 22.5. The zero-order valence-electron chi connectivity index (χ0n) is 16.9. The first-order chi connectivity index (χ1) is 13.5. The van der Waals surface area contributed by atoms with Gasteiger partial charge in [-0.05, 0) is 69.5 Å². The minimum absolute atomic E-state index is 0.0112. The third-order valence-electron chi connectivity index (χ3n) is 5.94. The van der Waals surface area contributed by atoms with Crippen molar-refractivity contribution in [1.82, 2.24) is 9.80 Å². The van der Waals surface area contributed by atoms with Crippen LogP contribution >= 0.6 is 0 Å². The SMILES string of the molecule is CN1CCCC(N(C)C(=O)c2ccc(NC(=O)C(N)C3CCOCC3)cc2)C1. The van der Waals surface area contributed by atoms with Gasteiger partial charge >= 0.3 is 0 Å². The Balaban J connectivity index is 1.56. The zero-order chi connectivity index (χ0) is 20.1. The Bertz CT molecular complexity index is 673. The topological polar surface area (TPSA) is 87.9 Å². The van der Waals surface area contributed by atoms with E-state index in [0.717, 1.165) is 38.8 Å². The molecule has 2 fully saturated rings. The molecule has 1 aromatic rings. The van der Waals surface area contributed by atoms with Gasteiger partial charge in [-0.3, -0.25) is 9.59 Å². The number of likely N-dealkylation sites (tertiary alicyclic amines) is 1. The lowest BCUT2D eigenvalue weighted by atomic mass is 9.92. The molecule has 0 bridgehead atoms. The number of hydrogen-bond donors (Lipinski definition) is 2. The smallest absolute Gasteiger partial charge is 0.253 e. The fourth-order valence-electron chi connectivity index (χ4n) is 4.04. The van der Waals surface area contributed by atoms with E-state index in [4.69, 9.17) is 10.5 Å². The molecule has 0 spiro atoms. The third-order valence-corrected chi connectivity index (χ3v) is 5.94. The van der Waals surface area contributed by atoms with Gasteiger partial charge in [-0.15, -0.1) is 0 Å². The highest BCUT2D eigenvalue weighted by molar-refractivity contribution is 5.97. The number of nitrogens with two attached hydrogens (primary N) is 1. The van der Waals surface area contributed by atoms with E-state index >= 15 is 0 Å². The van der Waals surface area contributed by atoms with Crippen LogP contribution in [0.1, 0.15) is 36.0 Å². The Morgan fingerprint density at radius 1 is 1.21 bits per heavy atom. The van der Waals surface area contributed by atoms with Gasteiger partial charge in [-0.1, -0.05) is 0 Å². The van der Waals surface area contributed by atoms with Gasteiger partial charge in [0.15, 0.2) is 0 Å².